The van der Waals surface area contributed by atoms with Gasteiger partial charge in [-0.25, -0.2) is 4.39 Å². The molecule has 0 radical (unpaired) electrons. The topological polar surface area (TPSA) is 18.5 Å². The minimum atomic E-state index is -0.918. The van der Waals surface area contributed by atoms with Crippen LogP contribution in [0, 0.1) is 17.6 Å². The second-order valence-electron chi connectivity index (χ2n) is 5.63. The Morgan fingerprint density at radius 2 is 2.09 bits per heavy atom. The van der Waals surface area contributed by atoms with Crippen molar-refractivity contribution >= 4 is 0 Å². The van der Waals surface area contributed by atoms with Gasteiger partial charge in [-0.3, -0.25) is 0 Å². The third-order valence-corrected chi connectivity index (χ3v) is 4.07. The first kappa shape index (κ1) is 16.9. The molecule has 1 aliphatic heterocycles. The standard InChI is InChI=1S/C18H24F2O2/c1-3-5-6-7-13-8-10-15(22-12-13)14-9-11-16(21-4-2)18(20)17(14)19/h3,5,9,11,13,15H,4,6-8,10,12H2,1-2H3/b5-3+. The van der Waals surface area contributed by atoms with E-state index < -0.39 is 11.6 Å². The maximum atomic E-state index is 14.2. The summed E-state index contributed by atoms with van der Waals surface area (Å²) >= 11 is 0. The molecule has 22 heavy (non-hydrogen) atoms. The molecule has 1 saturated heterocycles. The van der Waals surface area contributed by atoms with Crippen LogP contribution in [0.3, 0.4) is 0 Å². The quantitative estimate of drug-likeness (QED) is 0.673. The zero-order valence-electron chi connectivity index (χ0n) is 13.3. The van der Waals surface area contributed by atoms with E-state index >= 15 is 0 Å². The normalized spacial score (nSPS) is 22.2. The number of hydrogen-bond donors (Lipinski definition) is 0. The van der Waals surface area contributed by atoms with Crippen molar-refractivity contribution < 1.29 is 18.3 Å². The van der Waals surface area contributed by atoms with E-state index in [1.165, 1.54) is 6.07 Å². The molecule has 4 heteroatoms. The number of ether oxygens (including phenoxy) is 2. The maximum absolute atomic E-state index is 14.2. The fourth-order valence-corrected chi connectivity index (χ4v) is 2.84. The minimum absolute atomic E-state index is 0.0382. The monoisotopic (exact) mass is 310 g/mol. The molecule has 0 spiro atoms. The summed E-state index contributed by atoms with van der Waals surface area (Å²) in [5.74, 6) is -1.30. The fraction of sp³-hybridized carbons (Fsp3) is 0.556. The molecule has 1 aliphatic rings. The third kappa shape index (κ3) is 4.07. The summed E-state index contributed by atoms with van der Waals surface area (Å²) < 4.78 is 38.9. The largest absolute Gasteiger partial charge is 0.491 e. The molecular formula is C18H24F2O2. The van der Waals surface area contributed by atoms with Crippen LogP contribution in [0.25, 0.3) is 0 Å². The van der Waals surface area contributed by atoms with E-state index in [0.717, 1.165) is 25.7 Å². The van der Waals surface area contributed by atoms with Crippen molar-refractivity contribution in [3.63, 3.8) is 0 Å². The SMILES string of the molecule is C/C=C/CCC1CCC(c2ccc(OCC)c(F)c2F)OC1. The second-order valence-corrected chi connectivity index (χ2v) is 5.63. The van der Waals surface area contributed by atoms with E-state index in [2.05, 4.69) is 6.08 Å². The van der Waals surface area contributed by atoms with E-state index in [4.69, 9.17) is 9.47 Å². The lowest BCUT2D eigenvalue weighted by Gasteiger charge is -2.29. The highest BCUT2D eigenvalue weighted by molar-refractivity contribution is 5.32. The average Bonchev–Trinajstić information content (AvgIpc) is 2.53. The van der Waals surface area contributed by atoms with Gasteiger partial charge >= 0.3 is 0 Å². The number of rotatable bonds is 6. The van der Waals surface area contributed by atoms with Crippen molar-refractivity contribution in [1.82, 2.24) is 0 Å². The highest BCUT2D eigenvalue weighted by Gasteiger charge is 2.27. The van der Waals surface area contributed by atoms with Gasteiger partial charge in [0.2, 0.25) is 5.82 Å². The van der Waals surface area contributed by atoms with E-state index in [1.54, 1.807) is 13.0 Å². The molecule has 1 aromatic rings. The highest BCUT2D eigenvalue weighted by Crippen LogP contribution is 2.35. The molecule has 2 nitrogen and oxygen atoms in total. The van der Waals surface area contributed by atoms with Crippen LogP contribution in [0.15, 0.2) is 24.3 Å². The van der Waals surface area contributed by atoms with Gasteiger partial charge in [0.05, 0.1) is 19.3 Å². The molecule has 2 atom stereocenters. The van der Waals surface area contributed by atoms with Gasteiger partial charge < -0.3 is 9.47 Å². The number of allylic oxidation sites excluding steroid dienone is 2. The van der Waals surface area contributed by atoms with Crippen LogP contribution in [0.5, 0.6) is 5.75 Å². The number of benzene rings is 1. The van der Waals surface area contributed by atoms with Crippen LogP contribution >= 0.6 is 0 Å². The lowest BCUT2D eigenvalue weighted by Crippen LogP contribution is -2.21. The lowest BCUT2D eigenvalue weighted by molar-refractivity contribution is -0.0211. The predicted octanol–water partition coefficient (Wildman–Crippen LogP) is 5.19. The Morgan fingerprint density at radius 1 is 1.27 bits per heavy atom. The van der Waals surface area contributed by atoms with Crippen molar-refractivity contribution in [2.45, 2.75) is 45.6 Å². The van der Waals surface area contributed by atoms with E-state index in [1.807, 2.05) is 13.0 Å². The Morgan fingerprint density at radius 3 is 2.73 bits per heavy atom. The Labute approximate surface area is 131 Å². The van der Waals surface area contributed by atoms with Crippen LogP contribution in [0.2, 0.25) is 0 Å². The summed E-state index contributed by atoms with van der Waals surface area (Å²) in [5.41, 5.74) is 0.299. The van der Waals surface area contributed by atoms with Gasteiger partial charge in [0, 0.05) is 5.56 Å². The van der Waals surface area contributed by atoms with Gasteiger partial charge in [0.1, 0.15) is 0 Å². The summed E-state index contributed by atoms with van der Waals surface area (Å²) in [6.07, 6.45) is 7.67. The molecule has 0 amide bonds. The highest BCUT2D eigenvalue weighted by atomic mass is 19.2. The van der Waals surface area contributed by atoms with Gasteiger partial charge in [-0.05, 0) is 57.6 Å². The van der Waals surface area contributed by atoms with E-state index in [0.29, 0.717) is 24.7 Å². The third-order valence-electron chi connectivity index (χ3n) is 4.07. The van der Waals surface area contributed by atoms with Gasteiger partial charge in [-0.15, -0.1) is 0 Å². The van der Waals surface area contributed by atoms with Crippen molar-refractivity contribution in [2.75, 3.05) is 13.2 Å². The van der Waals surface area contributed by atoms with Gasteiger partial charge in [0.15, 0.2) is 11.6 Å². The molecule has 1 heterocycles. The van der Waals surface area contributed by atoms with E-state index in [9.17, 15) is 8.78 Å². The average molecular weight is 310 g/mol. The zero-order chi connectivity index (χ0) is 15.9. The Bertz CT molecular complexity index is 506. The summed E-state index contributed by atoms with van der Waals surface area (Å²) in [5, 5.41) is 0. The van der Waals surface area contributed by atoms with Crippen LogP contribution < -0.4 is 4.74 Å². The Balaban J connectivity index is 1.98. The summed E-state index contributed by atoms with van der Waals surface area (Å²) in [6, 6.07) is 3.06. The zero-order valence-corrected chi connectivity index (χ0v) is 13.3. The van der Waals surface area contributed by atoms with Gasteiger partial charge in [-0.2, -0.15) is 4.39 Å². The van der Waals surface area contributed by atoms with Crippen molar-refractivity contribution in [3.05, 3.63) is 41.5 Å². The maximum Gasteiger partial charge on any atom is 0.200 e. The molecule has 0 aliphatic carbocycles. The summed E-state index contributed by atoms with van der Waals surface area (Å²) in [6.45, 7) is 4.67. The molecule has 2 rings (SSSR count). The Kier molecular flexibility index (Phi) is 6.37. The van der Waals surface area contributed by atoms with Crippen molar-refractivity contribution in [1.29, 1.82) is 0 Å². The first-order valence-corrected chi connectivity index (χ1v) is 8.00. The fourth-order valence-electron chi connectivity index (χ4n) is 2.84. The van der Waals surface area contributed by atoms with Crippen LogP contribution in [-0.2, 0) is 4.74 Å². The molecule has 0 saturated carbocycles. The van der Waals surface area contributed by atoms with Crippen LogP contribution in [-0.4, -0.2) is 13.2 Å². The molecule has 0 N–H and O–H groups in total. The van der Waals surface area contributed by atoms with E-state index in [-0.39, 0.29) is 11.9 Å². The molecule has 1 fully saturated rings. The minimum Gasteiger partial charge on any atom is -0.491 e. The van der Waals surface area contributed by atoms with Gasteiger partial charge in [0.25, 0.3) is 0 Å². The summed E-state index contributed by atoms with van der Waals surface area (Å²) in [4.78, 5) is 0. The Hall–Kier alpha value is -1.42. The molecule has 0 aromatic heterocycles. The molecule has 122 valence electrons. The molecule has 1 aromatic carbocycles. The van der Waals surface area contributed by atoms with Gasteiger partial charge in [-0.1, -0.05) is 12.2 Å². The lowest BCUT2D eigenvalue weighted by atomic mass is 9.91. The predicted molar refractivity (Wildman–Crippen MR) is 83.0 cm³/mol. The second kappa shape index (κ2) is 8.28. The number of halogens is 2. The summed E-state index contributed by atoms with van der Waals surface area (Å²) in [7, 11) is 0. The molecule has 0 bridgehead atoms. The smallest absolute Gasteiger partial charge is 0.200 e. The van der Waals surface area contributed by atoms with Crippen LogP contribution in [0.4, 0.5) is 8.78 Å². The molecular weight excluding hydrogens is 286 g/mol. The molecule has 2 unspecified atom stereocenters. The number of hydrogen-bond acceptors (Lipinski definition) is 2. The first-order valence-electron chi connectivity index (χ1n) is 8.00. The van der Waals surface area contributed by atoms with Crippen molar-refractivity contribution in [2.24, 2.45) is 5.92 Å². The first-order chi connectivity index (χ1) is 10.7. The van der Waals surface area contributed by atoms with Crippen molar-refractivity contribution in [3.8, 4) is 5.75 Å². The van der Waals surface area contributed by atoms with Crippen LogP contribution in [0.1, 0.15) is 51.2 Å².